The molecular formula is C36H31N. The van der Waals surface area contributed by atoms with Crippen LogP contribution in [0.25, 0.3) is 16.3 Å². The van der Waals surface area contributed by atoms with Crippen molar-refractivity contribution in [1.82, 2.24) is 0 Å². The van der Waals surface area contributed by atoms with E-state index in [1.807, 2.05) is 0 Å². The van der Waals surface area contributed by atoms with E-state index in [1.54, 1.807) is 0 Å². The van der Waals surface area contributed by atoms with Gasteiger partial charge in [-0.2, -0.15) is 0 Å². The Bertz CT molecular complexity index is 1620. The minimum atomic E-state index is 0.0979. The van der Waals surface area contributed by atoms with Gasteiger partial charge in [0.1, 0.15) is 0 Å². The van der Waals surface area contributed by atoms with Gasteiger partial charge in [0.2, 0.25) is 0 Å². The minimum Gasteiger partial charge on any atom is -0.310 e. The molecule has 0 radical (unpaired) electrons. The summed E-state index contributed by atoms with van der Waals surface area (Å²) >= 11 is 0. The van der Waals surface area contributed by atoms with Crippen LogP contribution in [0.1, 0.15) is 49.8 Å². The van der Waals surface area contributed by atoms with Gasteiger partial charge in [-0.25, -0.2) is 0 Å². The van der Waals surface area contributed by atoms with E-state index < -0.39 is 0 Å². The normalized spacial score (nSPS) is 17.9. The van der Waals surface area contributed by atoms with Crippen LogP contribution in [0, 0.1) is 0 Å². The first-order valence-corrected chi connectivity index (χ1v) is 13.3. The van der Waals surface area contributed by atoms with Crippen molar-refractivity contribution >= 4 is 27.7 Å². The Balaban J connectivity index is 1.50. The summed E-state index contributed by atoms with van der Waals surface area (Å²) in [5.41, 5.74) is 12.3. The van der Waals surface area contributed by atoms with Crippen molar-refractivity contribution in [3.05, 3.63) is 149 Å². The fourth-order valence-corrected chi connectivity index (χ4v) is 6.50. The van der Waals surface area contributed by atoms with Crippen LogP contribution in [0.15, 0.2) is 132 Å². The van der Waals surface area contributed by atoms with Gasteiger partial charge in [-0.05, 0) is 86.4 Å². The number of para-hydroxylation sites is 2. The molecule has 0 fully saturated rings. The second kappa shape index (κ2) is 8.21. The van der Waals surface area contributed by atoms with Crippen LogP contribution >= 0.6 is 0 Å². The Labute approximate surface area is 219 Å². The maximum atomic E-state index is 2.44. The molecule has 0 saturated heterocycles. The Hall–Kier alpha value is -4.10. The fraction of sp³-hybridized carbons (Fsp3) is 0.167. The Morgan fingerprint density at radius 3 is 2.11 bits per heavy atom. The SMILES string of the molecule is CC(C)(C)c1ccc2c3c(cccc13)C1=C3C(=C(N(c4ccccc4)c4ccccc4)C=CC32)CC=C1. The van der Waals surface area contributed by atoms with Gasteiger partial charge in [0, 0.05) is 23.0 Å². The number of hydrogen-bond donors (Lipinski definition) is 0. The molecule has 3 aliphatic carbocycles. The Morgan fingerprint density at radius 2 is 1.43 bits per heavy atom. The van der Waals surface area contributed by atoms with E-state index in [9.17, 15) is 0 Å². The molecule has 0 aliphatic heterocycles. The third-order valence-corrected chi connectivity index (χ3v) is 8.06. The number of rotatable bonds is 3. The van der Waals surface area contributed by atoms with Gasteiger partial charge in [0.05, 0.1) is 0 Å². The zero-order chi connectivity index (χ0) is 25.1. The summed E-state index contributed by atoms with van der Waals surface area (Å²) in [5, 5.41) is 2.83. The topological polar surface area (TPSA) is 3.24 Å². The molecule has 180 valence electrons. The molecule has 4 aromatic carbocycles. The quantitative estimate of drug-likeness (QED) is 0.284. The number of nitrogens with zero attached hydrogens (tertiary/aromatic N) is 1. The average Bonchev–Trinajstić information content (AvgIpc) is 2.92. The molecule has 7 rings (SSSR count). The monoisotopic (exact) mass is 477 g/mol. The molecule has 3 aliphatic rings. The average molecular weight is 478 g/mol. The van der Waals surface area contributed by atoms with E-state index in [-0.39, 0.29) is 11.3 Å². The minimum absolute atomic E-state index is 0.0979. The maximum absolute atomic E-state index is 2.44. The maximum Gasteiger partial charge on any atom is 0.0497 e. The highest BCUT2D eigenvalue weighted by atomic mass is 15.1. The first kappa shape index (κ1) is 22.1. The van der Waals surface area contributed by atoms with Crippen molar-refractivity contribution in [3.8, 4) is 0 Å². The lowest BCUT2D eigenvalue weighted by molar-refractivity contribution is 0.595. The van der Waals surface area contributed by atoms with Crippen LogP contribution in [-0.2, 0) is 5.41 Å². The number of allylic oxidation sites excluding steroid dienone is 7. The van der Waals surface area contributed by atoms with Crippen LogP contribution in [0.3, 0.4) is 0 Å². The largest absolute Gasteiger partial charge is 0.310 e. The Kier molecular flexibility index (Phi) is 4.91. The summed E-state index contributed by atoms with van der Waals surface area (Å²) in [6.07, 6.45) is 10.5. The van der Waals surface area contributed by atoms with Gasteiger partial charge in [-0.3, -0.25) is 0 Å². The zero-order valence-corrected chi connectivity index (χ0v) is 21.7. The van der Waals surface area contributed by atoms with Crippen molar-refractivity contribution in [2.24, 2.45) is 0 Å². The molecule has 0 bridgehead atoms. The number of hydrogen-bond acceptors (Lipinski definition) is 1. The number of anilines is 2. The molecule has 0 N–H and O–H groups in total. The highest BCUT2D eigenvalue weighted by Gasteiger charge is 2.35. The van der Waals surface area contributed by atoms with Crippen molar-refractivity contribution in [2.45, 2.75) is 38.5 Å². The van der Waals surface area contributed by atoms with Gasteiger partial charge >= 0.3 is 0 Å². The third-order valence-electron chi connectivity index (χ3n) is 8.06. The van der Waals surface area contributed by atoms with Crippen LogP contribution in [0.5, 0.6) is 0 Å². The van der Waals surface area contributed by atoms with Crippen LogP contribution in [0.2, 0.25) is 0 Å². The molecule has 37 heavy (non-hydrogen) atoms. The summed E-state index contributed by atoms with van der Waals surface area (Å²) in [6, 6.07) is 33.2. The van der Waals surface area contributed by atoms with E-state index in [2.05, 4.69) is 141 Å². The fourth-order valence-electron chi connectivity index (χ4n) is 6.50. The van der Waals surface area contributed by atoms with Crippen molar-refractivity contribution < 1.29 is 0 Å². The zero-order valence-electron chi connectivity index (χ0n) is 21.7. The molecular weight excluding hydrogens is 446 g/mol. The third kappa shape index (κ3) is 3.38. The number of benzene rings is 4. The number of fused-ring (bicyclic) bond motifs is 2. The molecule has 0 amide bonds. The lowest BCUT2D eigenvalue weighted by atomic mass is 9.68. The molecule has 0 spiro atoms. The van der Waals surface area contributed by atoms with E-state index in [0.717, 1.165) is 6.42 Å². The van der Waals surface area contributed by atoms with Crippen molar-refractivity contribution in [1.29, 1.82) is 0 Å². The predicted octanol–water partition coefficient (Wildman–Crippen LogP) is 9.61. The summed E-state index contributed by atoms with van der Waals surface area (Å²) < 4.78 is 0. The van der Waals surface area contributed by atoms with E-state index >= 15 is 0 Å². The molecule has 1 unspecified atom stereocenters. The lowest BCUT2D eigenvalue weighted by Gasteiger charge is -2.39. The summed E-state index contributed by atoms with van der Waals surface area (Å²) in [7, 11) is 0. The van der Waals surface area contributed by atoms with E-state index in [0.29, 0.717) is 0 Å². The highest BCUT2D eigenvalue weighted by molar-refractivity contribution is 6.05. The molecule has 0 heterocycles. The molecule has 4 aromatic rings. The molecule has 1 heteroatoms. The molecule has 0 saturated carbocycles. The van der Waals surface area contributed by atoms with E-state index in [1.165, 1.54) is 61.3 Å². The summed E-state index contributed by atoms with van der Waals surface area (Å²) in [6.45, 7) is 6.96. The standard InChI is InChI=1S/C36H31N/c1-36(2,3)32-22-20-28-29-21-23-33(37(24-12-6-4-7-13-24)25-14-8-5-9-15-25)31-19-11-17-27(35(29)31)26-16-10-18-30(32)34(26)28/h4-18,20-23,29H,19H2,1-3H3. The smallest absolute Gasteiger partial charge is 0.0497 e. The highest BCUT2D eigenvalue weighted by Crippen LogP contribution is 2.53. The van der Waals surface area contributed by atoms with Gasteiger partial charge < -0.3 is 4.90 Å². The second-order valence-electron chi connectivity index (χ2n) is 11.3. The van der Waals surface area contributed by atoms with Crippen LogP contribution in [0.4, 0.5) is 11.4 Å². The van der Waals surface area contributed by atoms with Crippen LogP contribution < -0.4 is 4.90 Å². The molecule has 1 nitrogen and oxygen atoms in total. The molecule has 1 atom stereocenters. The summed E-state index contributed by atoms with van der Waals surface area (Å²) in [5.74, 6) is 0.276. The summed E-state index contributed by atoms with van der Waals surface area (Å²) in [4.78, 5) is 2.42. The van der Waals surface area contributed by atoms with Gasteiger partial charge in [-0.15, -0.1) is 0 Å². The second-order valence-corrected chi connectivity index (χ2v) is 11.3. The van der Waals surface area contributed by atoms with E-state index in [4.69, 9.17) is 0 Å². The molecule has 0 aromatic heterocycles. The Morgan fingerprint density at radius 1 is 0.730 bits per heavy atom. The van der Waals surface area contributed by atoms with Crippen molar-refractivity contribution in [2.75, 3.05) is 4.90 Å². The van der Waals surface area contributed by atoms with Gasteiger partial charge in [-0.1, -0.05) is 106 Å². The van der Waals surface area contributed by atoms with Crippen molar-refractivity contribution in [3.63, 3.8) is 0 Å². The predicted molar refractivity (Wildman–Crippen MR) is 157 cm³/mol. The van der Waals surface area contributed by atoms with Crippen LogP contribution in [-0.4, -0.2) is 0 Å². The van der Waals surface area contributed by atoms with Gasteiger partial charge in [0.25, 0.3) is 0 Å². The first-order valence-electron chi connectivity index (χ1n) is 13.3. The lowest BCUT2D eigenvalue weighted by Crippen LogP contribution is -2.24. The first-order chi connectivity index (χ1) is 18.0. The van der Waals surface area contributed by atoms with Gasteiger partial charge in [0.15, 0.2) is 0 Å².